The predicted octanol–water partition coefficient (Wildman–Crippen LogP) is 1.90. The summed E-state index contributed by atoms with van der Waals surface area (Å²) < 4.78 is 47.7. The molecule has 0 spiro atoms. The van der Waals surface area contributed by atoms with Gasteiger partial charge in [0.25, 0.3) is 5.69 Å². The molecule has 3 aromatic carbocycles. The molecule has 13 heteroatoms. The minimum absolute atomic E-state index is 0.0555. The molecule has 1 fully saturated rings. The second-order valence-electron chi connectivity index (χ2n) is 8.99. The van der Waals surface area contributed by atoms with E-state index in [-0.39, 0.29) is 17.2 Å². The van der Waals surface area contributed by atoms with Crippen molar-refractivity contribution in [2.75, 3.05) is 30.8 Å². The van der Waals surface area contributed by atoms with Gasteiger partial charge in [-0.1, -0.05) is 18.2 Å². The highest BCUT2D eigenvalue weighted by molar-refractivity contribution is 7.90. The summed E-state index contributed by atoms with van der Waals surface area (Å²) in [6.45, 7) is 1.99. The van der Waals surface area contributed by atoms with Crippen molar-refractivity contribution in [3.05, 3.63) is 93.5 Å². The molecule has 3 aromatic rings. The maximum Gasteiger partial charge on any atom is 0.281 e. The highest BCUT2D eigenvalue weighted by atomic mass is 32.2. The number of sulfonamides is 1. The monoisotopic (exact) mass is 558 g/mol. The van der Waals surface area contributed by atoms with Crippen LogP contribution in [0.2, 0.25) is 0 Å². The van der Waals surface area contributed by atoms with E-state index in [1.165, 1.54) is 6.26 Å². The van der Waals surface area contributed by atoms with E-state index in [0.29, 0.717) is 31.0 Å². The summed E-state index contributed by atoms with van der Waals surface area (Å²) in [7, 11) is -7.58. The molecule has 11 nitrogen and oxygen atoms in total. The van der Waals surface area contributed by atoms with Gasteiger partial charge in [-0.25, -0.2) is 22.0 Å². The van der Waals surface area contributed by atoms with E-state index in [4.69, 9.17) is 5.14 Å². The Morgan fingerprint density at radius 2 is 1.76 bits per heavy atom. The molecule has 38 heavy (non-hydrogen) atoms. The largest absolute Gasteiger partial charge is 0.366 e. The number of ketones is 1. The summed E-state index contributed by atoms with van der Waals surface area (Å²) in [4.78, 5) is 25.8. The van der Waals surface area contributed by atoms with Crippen molar-refractivity contribution in [2.45, 2.75) is 22.3 Å². The standard InChI is InChI=1S/C25H26N4O7S2/c1-37(33,34)24-5-3-2-4-18(24)14-20-16-27-12-13-28(20)19-8-6-17(7-9-19)25(30)22-11-10-21(38(26,35)36)15-23(22)29(31)32/h2-11,15,20,27H,12-14,16H2,1H3,(H2,26,35,36). The number of nitrogens with one attached hydrogen (secondary N) is 1. The lowest BCUT2D eigenvalue weighted by atomic mass is 9.99. The highest BCUT2D eigenvalue weighted by Gasteiger charge is 2.27. The van der Waals surface area contributed by atoms with Gasteiger partial charge in [-0.3, -0.25) is 14.9 Å². The number of sulfone groups is 1. The van der Waals surface area contributed by atoms with Crippen LogP contribution in [0.25, 0.3) is 0 Å². The van der Waals surface area contributed by atoms with Crippen LogP contribution in [0.4, 0.5) is 11.4 Å². The number of hydrogen-bond donors (Lipinski definition) is 2. The van der Waals surface area contributed by atoms with E-state index >= 15 is 0 Å². The van der Waals surface area contributed by atoms with Gasteiger partial charge in [0, 0.05) is 49.2 Å². The number of piperazine rings is 1. The van der Waals surface area contributed by atoms with Crippen molar-refractivity contribution in [3.63, 3.8) is 0 Å². The van der Waals surface area contributed by atoms with Crippen molar-refractivity contribution in [1.82, 2.24) is 5.32 Å². The minimum atomic E-state index is -4.18. The lowest BCUT2D eigenvalue weighted by Crippen LogP contribution is -2.52. The lowest BCUT2D eigenvalue weighted by molar-refractivity contribution is -0.385. The molecule has 0 bridgehead atoms. The van der Waals surface area contributed by atoms with E-state index in [9.17, 15) is 31.7 Å². The van der Waals surface area contributed by atoms with E-state index in [0.717, 1.165) is 29.4 Å². The first-order valence-corrected chi connectivity index (χ1v) is 15.0. The fourth-order valence-corrected chi connectivity index (χ4v) is 6.05. The SMILES string of the molecule is CS(=O)(=O)c1ccccc1CC1CNCCN1c1ccc(C(=O)c2ccc(S(N)(=O)=O)cc2[N+](=O)[O-])cc1. The molecule has 1 heterocycles. The number of carbonyl (C=O) groups excluding carboxylic acids is 1. The van der Waals surface area contributed by atoms with Crippen LogP contribution in [0.5, 0.6) is 0 Å². The summed E-state index contributed by atoms with van der Waals surface area (Å²) in [6.07, 6.45) is 1.67. The second kappa shape index (κ2) is 10.6. The van der Waals surface area contributed by atoms with E-state index in [1.54, 1.807) is 48.5 Å². The second-order valence-corrected chi connectivity index (χ2v) is 12.5. The van der Waals surface area contributed by atoms with Gasteiger partial charge >= 0.3 is 0 Å². The first kappa shape index (κ1) is 27.4. The zero-order valence-electron chi connectivity index (χ0n) is 20.4. The number of anilines is 1. The number of nitrogens with two attached hydrogens (primary N) is 1. The zero-order chi connectivity index (χ0) is 27.7. The van der Waals surface area contributed by atoms with Crippen LogP contribution in [-0.2, 0) is 26.3 Å². The number of benzene rings is 3. The molecule has 0 amide bonds. The van der Waals surface area contributed by atoms with E-state index in [2.05, 4.69) is 10.2 Å². The maximum atomic E-state index is 13.1. The van der Waals surface area contributed by atoms with Crippen molar-refractivity contribution in [2.24, 2.45) is 5.14 Å². The Bertz CT molecular complexity index is 1600. The van der Waals surface area contributed by atoms with Crippen LogP contribution >= 0.6 is 0 Å². The summed E-state index contributed by atoms with van der Waals surface area (Å²) in [5, 5.41) is 19.9. The molecule has 200 valence electrons. The van der Waals surface area contributed by atoms with Crippen LogP contribution in [0.3, 0.4) is 0 Å². The van der Waals surface area contributed by atoms with Crippen molar-refractivity contribution in [3.8, 4) is 0 Å². The van der Waals surface area contributed by atoms with Gasteiger partial charge < -0.3 is 10.2 Å². The Balaban J connectivity index is 1.61. The summed E-state index contributed by atoms with van der Waals surface area (Å²) in [5.74, 6) is -0.636. The molecular formula is C25H26N4O7S2. The van der Waals surface area contributed by atoms with Crippen molar-refractivity contribution >= 4 is 37.0 Å². The molecule has 1 atom stereocenters. The predicted molar refractivity (Wildman–Crippen MR) is 142 cm³/mol. The van der Waals surface area contributed by atoms with Gasteiger partial charge in [0.1, 0.15) is 5.56 Å². The third-order valence-corrected chi connectivity index (χ3v) is 8.49. The molecule has 1 saturated heterocycles. The average Bonchev–Trinajstić information content (AvgIpc) is 2.87. The number of nitro groups is 1. The lowest BCUT2D eigenvalue weighted by Gasteiger charge is -2.38. The van der Waals surface area contributed by atoms with Crippen LogP contribution in [0.1, 0.15) is 21.5 Å². The van der Waals surface area contributed by atoms with Crippen molar-refractivity contribution in [1.29, 1.82) is 0 Å². The first-order valence-electron chi connectivity index (χ1n) is 11.6. The topological polar surface area (TPSA) is 170 Å². The number of nitrogens with zero attached hydrogens (tertiary/aromatic N) is 2. The fraction of sp³-hybridized carbons (Fsp3) is 0.240. The Hall–Kier alpha value is -3.65. The van der Waals surface area contributed by atoms with Gasteiger partial charge in [-0.05, 0) is 54.4 Å². The van der Waals surface area contributed by atoms with Crippen LogP contribution in [0.15, 0.2) is 76.5 Å². The number of primary sulfonamides is 1. The summed E-state index contributed by atoms with van der Waals surface area (Å²) in [6, 6.07) is 16.3. The molecule has 0 aromatic heterocycles. The smallest absolute Gasteiger partial charge is 0.281 e. The number of rotatable bonds is 8. The number of hydrogen-bond acceptors (Lipinski definition) is 9. The average molecular weight is 559 g/mol. The van der Waals surface area contributed by atoms with E-state index < -0.39 is 41.1 Å². The third kappa shape index (κ3) is 5.91. The van der Waals surface area contributed by atoms with Crippen LogP contribution in [-0.4, -0.2) is 59.5 Å². The van der Waals surface area contributed by atoms with Gasteiger partial charge in [-0.15, -0.1) is 0 Å². The quantitative estimate of drug-likeness (QED) is 0.238. The third-order valence-electron chi connectivity index (χ3n) is 6.38. The number of nitro benzene ring substituents is 1. The van der Waals surface area contributed by atoms with Gasteiger partial charge in [0.15, 0.2) is 15.6 Å². The number of carbonyl (C=O) groups is 1. The Morgan fingerprint density at radius 1 is 1.08 bits per heavy atom. The minimum Gasteiger partial charge on any atom is -0.366 e. The molecular weight excluding hydrogens is 532 g/mol. The molecule has 3 N–H and O–H groups in total. The Labute approximate surface area is 220 Å². The normalized spacial score (nSPS) is 16.3. The molecule has 0 saturated carbocycles. The van der Waals surface area contributed by atoms with Gasteiger partial charge in [0.2, 0.25) is 10.0 Å². The van der Waals surface area contributed by atoms with E-state index in [1.807, 2.05) is 0 Å². The summed E-state index contributed by atoms with van der Waals surface area (Å²) >= 11 is 0. The van der Waals surface area contributed by atoms with Crippen LogP contribution in [0, 0.1) is 10.1 Å². The fourth-order valence-electron chi connectivity index (χ4n) is 4.56. The summed E-state index contributed by atoms with van der Waals surface area (Å²) in [5.41, 5.74) is 0.805. The molecule has 1 unspecified atom stereocenters. The first-order chi connectivity index (χ1) is 17.9. The zero-order valence-corrected chi connectivity index (χ0v) is 22.0. The van der Waals surface area contributed by atoms with Crippen molar-refractivity contribution < 1.29 is 26.6 Å². The molecule has 0 aliphatic carbocycles. The van der Waals surface area contributed by atoms with Crippen LogP contribution < -0.4 is 15.4 Å². The molecule has 0 radical (unpaired) electrons. The molecule has 1 aliphatic rings. The molecule has 1 aliphatic heterocycles. The van der Waals surface area contributed by atoms with Gasteiger partial charge in [-0.2, -0.15) is 0 Å². The van der Waals surface area contributed by atoms with Gasteiger partial charge in [0.05, 0.1) is 14.7 Å². The Morgan fingerprint density at radius 3 is 2.39 bits per heavy atom. The molecule has 4 rings (SSSR count). The maximum absolute atomic E-state index is 13.1. The highest BCUT2D eigenvalue weighted by Crippen LogP contribution is 2.28. The Kier molecular flexibility index (Phi) is 7.65.